The lowest BCUT2D eigenvalue weighted by molar-refractivity contribution is -0.00849. The lowest BCUT2D eigenvalue weighted by Crippen LogP contribution is -2.07. The van der Waals surface area contributed by atoms with Gasteiger partial charge in [0.15, 0.2) is 6.79 Å². The van der Waals surface area contributed by atoms with E-state index in [9.17, 15) is 0 Å². The summed E-state index contributed by atoms with van der Waals surface area (Å²) in [6.07, 6.45) is 0. The van der Waals surface area contributed by atoms with Gasteiger partial charge in [-0.05, 0) is 18.2 Å². The smallest absolute Gasteiger partial charge is 0.189 e. The molecule has 14 heavy (non-hydrogen) atoms. The Morgan fingerprint density at radius 1 is 1.29 bits per heavy atom. The van der Waals surface area contributed by atoms with Crippen LogP contribution in [0.15, 0.2) is 28.7 Å². The Morgan fingerprint density at radius 3 is 2.86 bits per heavy atom. The SMILES string of the molecule is COCCOCOc1cccc(Br)c1. The maximum absolute atomic E-state index is 5.33. The molecular weight excluding hydrogens is 248 g/mol. The van der Waals surface area contributed by atoms with Crippen molar-refractivity contribution in [2.45, 2.75) is 0 Å². The van der Waals surface area contributed by atoms with Crippen molar-refractivity contribution in [2.24, 2.45) is 0 Å². The van der Waals surface area contributed by atoms with Crippen LogP contribution < -0.4 is 4.74 Å². The van der Waals surface area contributed by atoms with Crippen LogP contribution in [0.25, 0.3) is 0 Å². The Hall–Kier alpha value is -0.580. The maximum atomic E-state index is 5.33. The summed E-state index contributed by atoms with van der Waals surface area (Å²) < 4.78 is 16.3. The molecule has 0 aliphatic rings. The van der Waals surface area contributed by atoms with Gasteiger partial charge in [-0.3, -0.25) is 0 Å². The number of benzene rings is 1. The fourth-order valence-corrected chi connectivity index (χ4v) is 1.25. The van der Waals surface area contributed by atoms with Crippen molar-refractivity contribution in [1.82, 2.24) is 0 Å². The zero-order chi connectivity index (χ0) is 10.2. The fourth-order valence-electron chi connectivity index (χ4n) is 0.868. The van der Waals surface area contributed by atoms with E-state index in [0.29, 0.717) is 13.2 Å². The molecule has 0 aliphatic heterocycles. The molecule has 0 heterocycles. The monoisotopic (exact) mass is 260 g/mol. The van der Waals surface area contributed by atoms with Crippen LogP contribution in [-0.4, -0.2) is 27.1 Å². The molecule has 0 amide bonds. The van der Waals surface area contributed by atoms with Gasteiger partial charge in [0.2, 0.25) is 0 Å². The van der Waals surface area contributed by atoms with Crippen LogP contribution in [0.2, 0.25) is 0 Å². The minimum atomic E-state index is 0.250. The van der Waals surface area contributed by atoms with E-state index in [-0.39, 0.29) is 6.79 Å². The zero-order valence-corrected chi connectivity index (χ0v) is 9.62. The first-order valence-corrected chi connectivity index (χ1v) is 5.07. The van der Waals surface area contributed by atoms with E-state index in [1.807, 2.05) is 24.3 Å². The zero-order valence-electron chi connectivity index (χ0n) is 8.03. The van der Waals surface area contributed by atoms with Gasteiger partial charge < -0.3 is 14.2 Å². The van der Waals surface area contributed by atoms with Crippen molar-refractivity contribution in [3.05, 3.63) is 28.7 Å². The largest absolute Gasteiger partial charge is 0.468 e. The number of halogens is 1. The first-order chi connectivity index (χ1) is 6.83. The molecular formula is C10H13BrO3. The number of rotatable bonds is 6. The Bertz CT molecular complexity index is 265. The molecule has 0 bridgehead atoms. The predicted octanol–water partition coefficient (Wildman–Crippen LogP) is 2.45. The van der Waals surface area contributed by atoms with Crippen LogP contribution in [0.3, 0.4) is 0 Å². The van der Waals surface area contributed by atoms with Crippen LogP contribution in [0.5, 0.6) is 5.75 Å². The molecule has 0 N–H and O–H groups in total. The normalized spacial score (nSPS) is 10.1. The summed E-state index contributed by atoms with van der Waals surface area (Å²) in [5.74, 6) is 0.789. The van der Waals surface area contributed by atoms with Gasteiger partial charge in [0, 0.05) is 11.6 Å². The Balaban J connectivity index is 2.18. The summed E-state index contributed by atoms with van der Waals surface area (Å²) in [7, 11) is 1.64. The van der Waals surface area contributed by atoms with Gasteiger partial charge in [0.1, 0.15) is 5.75 Å². The topological polar surface area (TPSA) is 27.7 Å². The lowest BCUT2D eigenvalue weighted by Gasteiger charge is -2.06. The molecule has 0 atom stereocenters. The van der Waals surface area contributed by atoms with Crippen molar-refractivity contribution in [2.75, 3.05) is 27.1 Å². The van der Waals surface area contributed by atoms with Crippen molar-refractivity contribution >= 4 is 15.9 Å². The number of hydrogen-bond acceptors (Lipinski definition) is 3. The molecule has 78 valence electrons. The first-order valence-electron chi connectivity index (χ1n) is 4.28. The van der Waals surface area contributed by atoms with Gasteiger partial charge in [-0.25, -0.2) is 0 Å². The number of methoxy groups -OCH3 is 1. The minimum Gasteiger partial charge on any atom is -0.468 e. The van der Waals surface area contributed by atoms with Crippen molar-refractivity contribution in [3.63, 3.8) is 0 Å². The molecule has 0 radical (unpaired) electrons. The molecule has 1 aromatic carbocycles. The second-order valence-electron chi connectivity index (χ2n) is 2.62. The summed E-state index contributed by atoms with van der Waals surface area (Å²) >= 11 is 3.36. The van der Waals surface area contributed by atoms with Gasteiger partial charge in [-0.15, -0.1) is 0 Å². The predicted molar refractivity (Wildman–Crippen MR) is 57.5 cm³/mol. The van der Waals surface area contributed by atoms with Crippen molar-refractivity contribution in [3.8, 4) is 5.75 Å². The van der Waals surface area contributed by atoms with Crippen LogP contribution in [-0.2, 0) is 9.47 Å². The highest BCUT2D eigenvalue weighted by Gasteiger charge is 1.93. The van der Waals surface area contributed by atoms with Crippen molar-refractivity contribution < 1.29 is 14.2 Å². The Kier molecular flexibility index (Phi) is 5.59. The minimum absolute atomic E-state index is 0.250. The second-order valence-corrected chi connectivity index (χ2v) is 3.54. The highest BCUT2D eigenvalue weighted by molar-refractivity contribution is 9.10. The van der Waals surface area contributed by atoms with E-state index in [1.165, 1.54) is 0 Å². The van der Waals surface area contributed by atoms with E-state index in [4.69, 9.17) is 14.2 Å². The number of hydrogen-bond donors (Lipinski definition) is 0. The van der Waals surface area contributed by atoms with E-state index in [1.54, 1.807) is 7.11 Å². The van der Waals surface area contributed by atoms with Crippen LogP contribution in [0.4, 0.5) is 0 Å². The number of ether oxygens (including phenoxy) is 3. The Labute approximate surface area is 92.1 Å². The second kappa shape index (κ2) is 6.81. The lowest BCUT2D eigenvalue weighted by atomic mass is 10.3. The van der Waals surface area contributed by atoms with Gasteiger partial charge in [-0.1, -0.05) is 22.0 Å². The van der Waals surface area contributed by atoms with Gasteiger partial charge in [-0.2, -0.15) is 0 Å². The van der Waals surface area contributed by atoms with Crippen molar-refractivity contribution in [1.29, 1.82) is 0 Å². The van der Waals surface area contributed by atoms with Gasteiger partial charge >= 0.3 is 0 Å². The molecule has 0 aliphatic carbocycles. The molecule has 0 unspecified atom stereocenters. The molecule has 4 heteroatoms. The maximum Gasteiger partial charge on any atom is 0.189 e. The molecule has 0 fully saturated rings. The molecule has 0 aromatic heterocycles. The van der Waals surface area contributed by atoms with Gasteiger partial charge in [0.25, 0.3) is 0 Å². The summed E-state index contributed by atoms with van der Waals surface area (Å²) in [5, 5.41) is 0. The standard InChI is InChI=1S/C10H13BrO3/c1-12-5-6-13-8-14-10-4-2-3-9(11)7-10/h2-4,7H,5-6,8H2,1H3. The molecule has 0 saturated heterocycles. The van der Waals surface area contributed by atoms with E-state index >= 15 is 0 Å². The van der Waals surface area contributed by atoms with Crippen LogP contribution in [0.1, 0.15) is 0 Å². The average molecular weight is 261 g/mol. The molecule has 1 aromatic rings. The van der Waals surface area contributed by atoms with E-state index in [0.717, 1.165) is 10.2 Å². The Morgan fingerprint density at radius 2 is 2.14 bits per heavy atom. The average Bonchev–Trinajstić information content (AvgIpc) is 2.18. The molecule has 0 saturated carbocycles. The quantitative estimate of drug-likeness (QED) is 0.581. The van der Waals surface area contributed by atoms with E-state index in [2.05, 4.69) is 15.9 Å². The highest BCUT2D eigenvalue weighted by Crippen LogP contribution is 2.17. The molecule has 3 nitrogen and oxygen atoms in total. The van der Waals surface area contributed by atoms with Crippen LogP contribution >= 0.6 is 15.9 Å². The van der Waals surface area contributed by atoms with Crippen LogP contribution in [0, 0.1) is 0 Å². The first kappa shape index (κ1) is 11.5. The highest BCUT2D eigenvalue weighted by atomic mass is 79.9. The third-order valence-electron chi connectivity index (χ3n) is 1.54. The third kappa shape index (κ3) is 4.60. The summed E-state index contributed by atoms with van der Waals surface area (Å²) in [4.78, 5) is 0. The fraction of sp³-hybridized carbons (Fsp3) is 0.400. The summed E-state index contributed by atoms with van der Waals surface area (Å²) in [5.41, 5.74) is 0. The third-order valence-corrected chi connectivity index (χ3v) is 2.03. The van der Waals surface area contributed by atoms with Gasteiger partial charge in [0.05, 0.1) is 13.2 Å². The summed E-state index contributed by atoms with van der Waals surface area (Å²) in [6.45, 7) is 1.38. The van der Waals surface area contributed by atoms with E-state index < -0.39 is 0 Å². The molecule has 0 spiro atoms. The molecule has 1 rings (SSSR count). The summed E-state index contributed by atoms with van der Waals surface area (Å²) in [6, 6.07) is 7.62.